The van der Waals surface area contributed by atoms with Crippen LogP contribution < -0.4 is 5.32 Å². The minimum atomic E-state index is 0. The molecule has 3 aliphatic rings. The Balaban J connectivity index is 0.000000401. The molecule has 0 bridgehead atoms. The molecule has 1 N–H and O–H groups in total. The molecule has 1 saturated heterocycles. The number of likely N-dealkylation sites (tertiary alicyclic amines) is 1. The van der Waals surface area contributed by atoms with Crippen LogP contribution in [-0.4, -0.2) is 44.0 Å². The molecule has 0 atom stereocenters. The molecule has 0 radical (unpaired) electrons. The molecule has 0 unspecified atom stereocenters. The number of halogens is 1. The zero-order valence-corrected chi connectivity index (χ0v) is 17.4. The Kier molecular flexibility index (Phi) is 10.3. The number of amidine groups is 1. The molecule has 0 aromatic carbocycles. The third kappa shape index (κ3) is 7.29. The molecule has 0 aromatic rings. The Bertz CT molecular complexity index is 344. The molecule has 0 aromatic heterocycles. The normalized spacial score (nSPS) is 23.6. The SMILES string of the molecule is C.CC(C)(C)C1=NCCN1.CN1CCC2(CCCCC2)CC1.I. The zero-order valence-electron chi connectivity index (χ0n) is 15.1. The van der Waals surface area contributed by atoms with Crippen molar-refractivity contribution in [2.45, 2.75) is 73.1 Å². The van der Waals surface area contributed by atoms with Crippen molar-refractivity contribution < 1.29 is 0 Å². The van der Waals surface area contributed by atoms with Crippen molar-refractivity contribution in [3.63, 3.8) is 0 Å². The minimum Gasteiger partial charge on any atom is -0.372 e. The lowest BCUT2D eigenvalue weighted by Crippen LogP contribution is -2.38. The summed E-state index contributed by atoms with van der Waals surface area (Å²) in [4.78, 5) is 6.80. The van der Waals surface area contributed by atoms with E-state index in [1.807, 2.05) is 0 Å². The Morgan fingerprint density at radius 3 is 1.96 bits per heavy atom. The number of aliphatic imine (C=N–C) groups is 1. The summed E-state index contributed by atoms with van der Waals surface area (Å²) in [6.07, 6.45) is 10.5. The second-order valence-electron chi connectivity index (χ2n) is 8.27. The maximum Gasteiger partial charge on any atom is 0.102 e. The Morgan fingerprint density at radius 1 is 1.00 bits per heavy atom. The standard InChI is InChI=1S/C11H21N.C7H14N2.CH4.HI/c1-12-9-7-11(8-10-12)5-3-2-4-6-11;1-7(2,3)6-8-4-5-9-6;;/h2-10H2,1H3;4-5H2,1-3H3,(H,8,9);1H4;1H. The van der Waals surface area contributed by atoms with E-state index in [-0.39, 0.29) is 36.8 Å². The van der Waals surface area contributed by atoms with Gasteiger partial charge in [-0.15, -0.1) is 24.0 Å². The van der Waals surface area contributed by atoms with E-state index in [0.29, 0.717) is 0 Å². The van der Waals surface area contributed by atoms with Gasteiger partial charge in [-0.05, 0) is 51.2 Å². The van der Waals surface area contributed by atoms with Crippen molar-refractivity contribution in [1.29, 1.82) is 0 Å². The van der Waals surface area contributed by atoms with Gasteiger partial charge in [0.1, 0.15) is 5.84 Å². The van der Waals surface area contributed by atoms with E-state index in [0.717, 1.165) is 24.3 Å². The van der Waals surface area contributed by atoms with Crippen LogP contribution in [0.15, 0.2) is 4.99 Å². The molecule has 1 spiro atoms. The van der Waals surface area contributed by atoms with Crippen molar-refractivity contribution in [2.75, 3.05) is 33.2 Å². The van der Waals surface area contributed by atoms with Gasteiger partial charge in [0.05, 0.1) is 6.54 Å². The summed E-state index contributed by atoms with van der Waals surface area (Å²) in [6.45, 7) is 11.2. The number of nitrogens with one attached hydrogen (secondary N) is 1. The Morgan fingerprint density at radius 2 is 1.57 bits per heavy atom. The summed E-state index contributed by atoms with van der Waals surface area (Å²) in [5.41, 5.74) is 1.02. The zero-order chi connectivity index (χ0) is 15.3. The smallest absolute Gasteiger partial charge is 0.102 e. The van der Waals surface area contributed by atoms with Gasteiger partial charge in [-0.3, -0.25) is 4.99 Å². The van der Waals surface area contributed by atoms with Crippen molar-refractivity contribution in [3.05, 3.63) is 0 Å². The molecule has 4 heteroatoms. The maximum absolute atomic E-state index is 4.31. The van der Waals surface area contributed by atoms with Gasteiger partial charge in [-0.25, -0.2) is 0 Å². The van der Waals surface area contributed by atoms with Crippen LogP contribution in [-0.2, 0) is 0 Å². The maximum atomic E-state index is 4.31. The van der Waals surface area contributed by atoms with Crippen molar-refractivity contribution >= 4 is 29.8 Å². The van der Waals surface area contributed by atoms with E-state index in [4.69, 9.17) is 0 Å². The summed E-state index contributed by atoms with van der Waals surface area (Å²) >= 11 is 0. The number of hydrogen-bond donors (Lipinski definition) is 1. The monoisotopic (exact) mass is 437 g/mol. The first-order valence-corrected chi connectivity index (χ1v) is 8.89. The summed E-state index contributed by atoms with van der Waals surface area (Å²) in [5.74, 6) is 1.16. The number of hydrogen-bond acceptors (Lipinski definition) is 3. The Hall–Kier alpha value is 0.160. The van der Waals surface area contributed by atoms with Crippen LogP contribution in [0.4, 0.5) is 0 Å². The average Bonchev–Trinajstić information content (AvgIpc) is 2.99. The van der Waals surface area contributed by atoms with Crippen LogP contribution in [0.2, 0.25) is 0 Å². The van der Waals surface area contributed by atoms with Gasteiger partial charge >= 0.3 is 0 Å². The molecule has 2 fully saturated rings. The summed E-state index contributed by atoms with van der Waals surface area (Å²) in [7, 11) is 2.26. The number of rotatable bonds is 0. The Labute approximate surface area is 162 Å². The van der Waals surface area contributed by atoms with Crippen molar-refractivity contribution in [3.8, 4) is 0 Å². The van der Waals surface area contributed by atoms with Crippen LogP contribution in [0.3, 0.4) is 0 Å². The van der Waals surface area contributed by atoms with E-state index in [9.17, 15) is 0 Å². The molecule has 3 nitrogen and oxygen atoms in total. The fraction of sp³-hybridized carbons (Fsp3) is 0.947. The second kappa shape index (κ2) is 10.2. The molecule has 138 valence electrons. The first-order chi connectivity index (χ1) is 9.91. The van der Waals surface area contributed by atoms with E-state index >= 15 is 0 Å². The molecule has 2 aliphatic heterocycles. The van der Waals surface area contributed by atoms with Crippen LogP contribution in [0.1, 0.15) is 73.1 Å². The lowest BCUT2D eigenvalue weighted by atomic mass is 9.68. The van der Waals surface area contributed by atoms with Gasteiger partial charge < -0.3 is 10.2 Å². The minimum absolute atomic E-state index is 0. The average molecular weight is 437 g/mol. The molecular weight excluding hydrogens is 397 g/mol. The van der Waals surface area contributed by atoms with E-state index in [1.165, 1.54) is 58.0 Å². The highest BCUT2D eigenvalue weighted by Gasteiger charge is 2.34. The van der Waals surface area contributed by atoms with Crippen molar-refractivity contribution in [1.82, 2.24) is 10.2 Å². The summed E-state index contributed by atoms with van der Waals surface area (Å²) < 4.78 is 0. The van der Waals surface area contributed by atoms with Crippen LogP contribution in [0, 0.1) is 10.8 Å². The van der Waals surface area contributed by atoms with Gasteiger partial charge in [0.15, 0.2) is 0 Å². The third-order valence-corrected chi connectivity index (χ3v) is 5.35. The highest BCUT2D eigenvalue weighted by atomic mass is 127. The van der Waals surface area contributed by atoms with Crippen LogP contribution in [0.25, 0.3) is 0 Å². The van der Waals surface area contributed by atoms with Crippen LogP contribution in [0.5, 0.6) is 0 Å². The number of nitrogens with zero attached hydrogens (tertiary/aromatic N) is 2. The van der Waals surface area contributed by atoms with E-state index in [2.05, 4.69) is 43.0 Å². The molecule has 2 heterocycles. The van der Waals surface area contributed by atoms with Crippen LogP contribution >= 0.6 is 24.0 Å². The quantitative estimate of drug-likeness (QED) is 0.543. The van der Waals surface area contributed by atoms with E-state index < -0.39 is 0 Å². The predicted octanol–water partition coefficient (Wildman–Crippen LogP) is 4.95. The topological polar surface area (TPSA) is 27.6 Å². The lowest BCUT2D eigenvalue weighted by molar-refractivity contribution is 0.0807. The van der Waals surface area contributed by atoms with E-state index in [1.54, 1.807) is 0 Å². The number of piperidine rings is 1. The van der Waals surface area contributed by atoms with Gasteiger partial charge in [0.25, 0.3) is 0 Å². The van der Waals surface area contributed by atoms with Gasteiger partial charge in [0.2, 0.25) is 0 Å². The molecule has 3 rings (SSSR count). The van der Waals surface area contributed by atoms with Gasteiger partial charge in [-0.2, -0.15) is 0 Å². The van der Waals surface area contributed by atoms with Gasteiger partial charge in [0, 0.05) is 12.0 Å². The lowest BCUT2D eigenvalue weighted by Gasteiger charge is -2.43. The van der Waals surface area contributed by atoms with Crippen molar-refractivity contribution in [2.24, 2.45) is 15.8 Å². The molecule has 0 amide bonds. The summed E-state index contributed by atoms with van der Waals surface area (Å²) in [6, 6.07) is 0. The first-order valence-electron chi connectivity index (χ1n) is 8.89. The molecule has 1 saturated carbocycles. The molecular formula is C19H40IN3. The summed E-state index contributed by atoms with van der Waals surface area (Å²) in [5, 5.41) is 3.25. The highest BCUT2D eigenvalue weighted by molar-refractivity contribution is 14.0. The molecule has 1 aliphatic carbocycles. The van der Waals surface area contributed by atoms with Gasteiger partial charge in [-0.1, -0.05) is 47.5 Å². The molecule has 23 heavy (non-hydrogen) atoms. The first kappa shape index (κ1) is 23.2. The largest absolute Gasteiger partial charge is 0.372 e. The predicted molar refractivity (Wildman–Crippen MR) is 114 cm³/mol. The highest BCUT2D eigenvalue weighted by Crippen LogP contribution is 2.44. The fourth-order valence-electron chi connectivity index (χ4n) is 3.79. The second-order valence-corrected chi connectivity index (χ2v) is 8.27. The third-order valence-electron chi connectivity index (χ3n) is 5.35. The fourth-order valence-corrected chi connectivity index (χ4v) is 3.79.